The predicted octanol–water partition coefficient (Wildman–Crippen LogP) is 1.58. The second kappa shape index (κ2) is 5.33. The van der Waals surface area contributed by atoms with Crippen molar-refractivity contribution in [3.8, 4) is 0 Å². The minimum atomic E-state index is 0.746. The van der Waals surface area contributed by atoms with Crippen molar-refractivity contribution in [1.82, 2.24) is 5.32 Å². The Morgan fingerprint density at radius 3 is 3.00 bits per heavy atom. The zero-order chi connectivity index (χ0) is 8.81. The summed E-state index contributed by atoms with van der Waals surface area (Å²) in [5.74, 6) is 0.746. The first-order valence-electron chi connectivity index (χ1n) is 4.71. The maximum absolute atomic E-state index is 5.28. The maximum atomic E-state index is 5.28. The highest BCUT2D eigenvalue weighted by Gasteiger charge is 2.13. The molecule has 12 heavy (non-hydrogen) atoms. The van der Waals surface area contributed by atoms with E-state index in [4.69, 9.17) is 4.74 Å². The van der Waals surface area contributed by atoms with Gasteiger partial charge in [-0.3, -0.25) is 0 Å². The first-order valence-corrected chi connectivity index (χ1v) is 4.71. The van der Waals surface area contributed by atoms with E-state index in [9.17, 15) is 0 Å². The number of rotatable bonds is 4. The Morgan fingerprint density at radius 1 is 1.58 bits per heavy atom. The molecule has 0 aromatic rings. The van der Waals surface area contributed by atoms with Crippen LogP contribution in [0.1, 0.15) is 20.3 Å². The van der Waals surface area contributed by atoms with Crippen molar-refractivity contribution in [3.63, 3.8) is 0 Å². The summed E-state index contributed by atoms with van der Waals surface area (Å²) in [5.41, 5.74) is 1.38. The zero-order valence-corrected chi connectivity index (χ0v) is 8.10. The van der Waals surface area contributed by atoms with Gasteiger partial charge in [0.1, 0.15) is 0 Å². The van der Waals surface area contributed by atoms with Crippen LogP contribution in [0.4, 0.5) is 0 Å². The van der Waals surface area contributed by atoms with Crippen LogP contribution in [0.15, 0.2) is 11.6 Å². The van der Waals surface area contributed by atoms with Gasteiger partial charge >= 0.3 is 0 Å². The van der Waals surface area contributed by atoms with Gasteiger partial charge in [0.15, 0.2) is 0 Å². The Bertz CT molecular complexity index is 144. The van der Waals surface area contributed by atoms with Crippen LogP contribution in [-0.4, -0.2) is 26.3 Å². The summed E-state index contributed by atoms with van der Waals surface area (Å²) in [6, 6.07) is 0. The van der Waals surface area contributed by atoms with Crippen molar-refractivity contribution in [2.24, 2.45) is 5.92 Å². The zero-order valence-electron chi connectivity index (χ0n) is 8.10. The maximum Gasteiger partial charge on any atom is 0.0507 e. The molecule has 0 radical (unpaired) electrons. The molecule has 1 rings (SSSR count). The number of hydrogen-bond donors (Lipinski definition) is 1. The first kappa shape index (κ1) is 9.75. The number of nitrogens with one attached hydrogen (secondary N) is 1. The summed E-state index contributed by atoms with van der Waals surface area (Å²) in [6.07, 6.45) is 3.44. The lowest BCUT2D eigenvalue weighted by Crippen LogP contribution is -2.23. The van der Waals surface area contributed by atoms with Crippen LogP contribution in [0.2, 0.25) is 0 Å². The lowest BCUT2D eigenvalue weighted by molar-refractivity contribution is 0.185. The molecule has 0 spiro atoms. The highest BCUT2D eigenvalue weighted by Crippen LogP contribution is 2.10. The fourth-order valence-corrected chi connectivity index (χ4v) is 1.31. The van der Waals surface area contributed by atoms with Crippen molar-refractivity contribution in [2.75, 3.05) is 26.3 Å². The van der Waals surface area contributed by atoms with Gasteiger partial charge < -0.3 is 10.1 Å². The topological polar surface area (TPSA) is 21.3 Å². The van der Waals surface area contributed by atoms with E-state index in [2.05, 4.69) is 25.2 Å². The lowest BCUT2D eigenvalue weighted by Gasteiger charge is -2.06. The quantitative estimate of drug-likeness (QED) is 0.509. The van der Waals surface area contributed by atoms with E-state index in [0.29, 0.717) is 0 Å². The van der Waals surface area contributed by atoms with Crippen molar-refractivity contribution in [1.29, 1.82) is 0 Å². The summed E-state index contributed by atoms with van der Waals surface area (Å²) in [6.45, 7) is 8.25. The molecule has 1 atom stereocenters. The molecule has 2 nitrogen and oxygen atoms in total. The van der Waals surface area contributed by atoms with Gasteiger partial charge in [0.05, 0.1) is 6.61 Å². The highest BCUT2D eigenvalue weighted by molar-refractivity contribution is 4.94. The Labute approximate surface area is 75.0 Å². The van der Waals surface area contributed by atoms with E-state index in [0.717, 1.165) is 32.2 Å². The van der Waals surface area contributed by atoms with Crippen molar-refractivity contribution >= 4 is 0 Å². The van der Waals surface area contributed by atoms with Gasteiger partial charge in [-0.05, 0) is 26.2 Å². The first-order chi connectivity index (χ1) is 5.79. The molecule has 2 heteroatoms. The smallest absolute Gasteiger partial charge is 0.0507 e. The molecule has 1 aliphatic rings. The fraction of sp³-hybridized carbons (Fsp3) is 0.800. The molecule has 1 saturated heterocycles. The molecule has 0 aromatic heterocycles. The van der Waals surface area contributed by atoms with Crippen molar-refractivity contribution in [3.05, 3.63) is 11.6 Å². The average Bonchev–Trinajstić information content (AvgIpc) is 2.49. The molecule has 1 N–H and O–H groups in total. The van der Waals surface area contributed by atoms with Gasteiger partial charge in [-0.25, -0.2) is 0 Å². The minimum Gasteiger partial charge on any atom is -0.381 e. The molecular weight excluding hydrogens is 150 g/mol. The minimum absolute atomic E-state index is 0.746. The van der Waals surface area contributed by atoms with E-state index in [1.165, 1.54) is 12.0 Å². The molecule has 0 bridgehead atoms. The monoisotopic (exact) mass is 169 g/mol. The van der Waals surface area contributed by atoms with Gasteiger partial charge in [-0.15, -0.1) is 0 Å². The standard InChI is InChI=1S/C10H19NO/c1-9(2)3-5-11-7-10-4-6-12-8-10/h3,10-11H,4-8H2,1-2H3. The van der Waals surface area contributed by atoms with E-state index in [1.807, 2.05) is 0 Å². The SMILES string of the molecule is CC(C)=CCNCC1CCOC1. The lowest BCUT2D eigenvalue weighted by atomic mass is 10.1. The van der Waals surface area contributed by atoms with E-state index in [1.54, 1.807) is 0 Å². The molecule has 0 aromatic carbocycles. The molecule has 0 saturated carbocycles. The molecule has 1 fully saturated rings. The molecule has 1 unspecified atom stereocenters. The molecule has 0 aliphatic carbocycles. The Hall–Kier alpha value is -0.340. The average molecular weight is 169 g/mol. The third kappa shape index (κ3) is 3.88. The number of allylic oxidation sites excluding steroid dienone is 1. The highest BCUT2D eigenvalue weighted by atomic mass is 16.5. The van der Waals surface area contributed by atoms with Gasteiger partial charge in [0.25, 0.3) is 0 Å². The summed E-state index contributed by atoms with van der Waals surface area (Å²) in [5, 5.41) is 3.40. The second-order valence-corrected chi connectivity index (χ2v) is 3.67. The van der Waals surface area contributed by atoms with Crippen LogP contribution >= 0.6 is 0 Å². The van der Waals surface area contributed by atoms with Crippen LogP contribution in [0, 0.1) is 5.92 Å². The van der Waals surface area contributed by atoms with Gasteiger partial charge in [0, 0.05) is 19.7 Å². The molecule has 70 valence electrons. The van der Waals surface area contributed by atoms with Crippen LogP contribution in [0.3, 0.4) is 0 Å². The summed E-state index contributed by atoms with van der Waals surface area (Å²) < 4.78 is 5.28. The molecular formula is C10H19NO. The normalized spacial score (nSPS) is 22.7. The Balaban J connectivity index is 1.98. The van der Waals surface area contributed by atoms with Crippen LogP contribution in [0.5, 0.6) is 0 Å². The third-order valence-electron chi connectivity index (χ3n) is 2.11. The summed E-state index contributed by atoms with van der Waals surface area (Å²) >= 11 is 0. The van der Waals surface area contributed by atoms with E-state index in [-0.39, 0.29) is 0 Å². The van der Waals surface area contributed by atoms with Gasteiger partial charge in [-0.2, -0.15) is 0 Å². The second-order valence-electron chi connectivity index (χ2n) is 3.67. The molecule has 0 amide bonds. The van der Waals surface area contributed by atoms with Crippen molar-refractivity contribution in [2.45, 2.75) is 20.3 Å². The van der Waals surface area contributed by atoms with Gasteiger partial charge in [-0.1, -0.05) is 11.6 Å². The Kier molecular flexibility index (Phi) is 4.33. The Morgan fingerprint density at radius 2 is 2.42 bits per heavy atom. The van der Waals surface area contributed by atoms with Gasteiger partial charge in [0.2, 0.25) is 0 Å². The van der Waals surface area contributed by atoms with Crippen LogP contribution in [0.25, 0.3) is 0 Å². The van der Waals surface area contributed by atoms with E-state index < -0.39 is 0 Å². The summed E-state index contributed by atoms with van der Waals surface area (Å²) in [4.78, 5) is 0. The number of hydrogen-bond acceptors (Lipinski definition) is 2. The molecule has 1 heterocycles. The fourth-order valence-electron chi connectivity index (χ4n) is 1.31. The van der Waals surface area contributed by atoms with Crippen LogP contribution in [-0.2, 0) is 4.74 Å². The largest absolute Gasteiger partial charge is 0.381 e. The molecule has 1 aliphatic heterocycles. The van der Waals surface area contributed by atoms with Crippen molar-refractivity contribution < 1.29 is 4.74 Å². The third-order valence-corrected chi connectivity index (χ3v) is 2.11. The summed E-state index contributed by atoms with van der Waals surface area (Å²) in [7, 11) is 0. The van der Waals surface area contributed by atoms with Crippen LogP contribution < -0.4 is 5.32 Å². The van der Waals surface area contributed by atoms with E-state index >= 15 is 0 Å². The predicted molar refractivity (Wildman–Crippen MR) is 51.2 cm³/mol. The number of ether oxygens (including phenoxy) is 1.